The first-order valence-corrected chi connectivity index (χ1v) is 9.22. The molecule has 0 unspecified atom stereocenters. The van der Waals surface area contributed by atoms with Crippen LogP contribution in [0.15, 0.2) is 16.3 Å². The molecule has 0 saturated heterocycles. The highest BCUT2D eigenvalue weighted by Crippen LogP contribution is 2.26. The normalized spacial score (nSPS) is 12.8. The second-order valence-corrected chi connectivity index (χ2v) is 9.14. The minimum absolute atomic E-state index is 0.0434. The maximum atomic E-state index is 12.7. The molecule has 1 aromatic rings. The molecule has 116 valence electrons. The van der Waals surface area contributed by atoms with Gasteiger partial charge >= 0.3 is 0 Å². The predicted octanol–water partition coefficient (Wildman–Crippen LogP) is 2.59. The molecule has 0 saturated carbocycles. The van der Waals surface area contributed by atoms with Crippen molar-refractivity contribution in [2.75, 3.05) is 19.7 Å². The van der Waals surface area contributed by atoms with Crippen molar-refractivity contribution in [2.24, 2.45) is 11.8 Å². The summed E-state index contributed by atoms with van der Waals surface area (Å²) >= 11 is 1.26. The van der Waals surface area contributed by atoms with E-state index in [-0.39, 0.29) is 6.61 Å². The molecule has 0 aliphatic rings. The fourth-order valence-corrected chi connectivity index (χ4v) is 5.22. The first kappa shape index (κ1) is 17.6. The van der Waals surface area contributed by atoms with Crippen LogP contribution in [0.25, 0.3) is 0 Å². The van der Waals surface area contributed by atoms with Crippen LogP contribution in [0.3, 0.4) is 0 Å². The Bertz CT molecular complexity index is 496. The molecule has 1 rings (SSSR count). The van der Waals surface area contributed by atoms with E-state index in [2.05, 4.69) is 0 Å². The third-order valence-corrected chi connectivity index (χ3v) is 6.17. The Kier molecular flexibility index (Phi) is 6.64. The van der Waals surface area contributed by atoms with Crippen LogP contribution < -0.4 is 0 Å². The van der Waals surface area contributed by atoms with Gasteiger partial charge < -0.3 is 5.11 Å². The number of rotatable bonds is 8. The summed E-state index contributed by atoms with van der Waals surface area (Å²) in [6.07, 6.45) is 0.508. The molecule has 1 aromatic heterocycles. The fourth-order valence-electron chi connectivity index (χ4n) is 1.95. The van der Waals surface area contributed by atoms with E-state index in [4.69, 9.17) is 5.11 Å². The van der Waals surface area contributed by atoms with Gasteiger partial charge in [0.05, 0.1) is 0 Å². The van der Waals surface area contributed by atoms with Crippen LogP contribution in [0, 0.1) is 11.8 Å². The standard InChI is InChI=1S/C14H25NO3S2/c1-11(2)9-15(10-12(3)4)20(17,18)14-6-5-13(19-14)7-8-16/h5-6,11-12,16H,7-10H2,1-4H3. The molecule has 0 radical (unpaired) electrons. The highest BCUT2D eigenvalue weighted by Gasteiger charge is 2.27. The quantitative estimate of drug-likeness (QED) is 0.801. The van der Waals surface area contributed by atoms with Crippen molar-refractivity contribution >= 4 is 21.4 Å². The molecule has 0 aliphatic carbocycles. The second kappa shape index (κ2) is 7.54. The lowest BCUT2D eigenvalue weighted by atomic mass is 10.2. The summed E-state index contributed by atoms with van der Waals surface area (Å²) in [7, 11) is -3.42. The van der Waals surface area contributed by atoms with E-state index in [0.717, 1.165) is 4.88 Å². The van der Waals surface area contributed by atoms with Crippen LogP contribution in [0.1, 0.15) is 32.6 Å². The minimum atomic E-state index is -3.42. The maximum Gasteiger partial charge on any atom is 0.252 e. The van der Waals surface area contributed by atoms with E-state index in [0.29, 0.717) is 35.6 Å². The van der Waals surface area contributed by atoms with E-state index < -0.39 is 10.0 Å². The average molecular weight is 319 g/mol. The van der Waals surface area contributed by atoms with Crippen LogP contribution in [-0.2, 0) is 16.4 Å². The van der Waals surface area contributed by atoms with Gasteiger partial charge in [-0.15, -0.1) is 11.3 Å². The van der Waals surface area contributed by atoms with Crippen molar-refractivity contribution in [3.8, 4) is 0 Å². The molecule has 0 aromatic carbocycles. The summed E-state index contributed by atoms with van der Waals surface area (Å²) in [5.74, 6) is 0.584. The molecular formula is C14H25NO3S2. The van der Waals surface area contributed by atoms with Gasteiger partial charge in [-0.1, -0.05) is 27.7 Å². The molecule has 0 aliphatic heterocycles. The van der Waals surface area contributed by atoms with Gasteiger partial charge in [-0.2, -0.15) is 4.31 Å². The summed E-state index contributed by atoms with van der Waals surface area (Å²) in [4.78, 5) is 0.903. The molecule has 1 N–H and O–H groups in total. The van der Waals surface area contributed by atoms with E-state index in [1.54, 1.807) is 16.4 Å². The minimum Gasteiger partial charge on any atom is -0.396 e. The van der Waals surface area contributed by atoms with Gasteiger partial charge in [0.1, 0.15) is 4.21 Å². The number of thiophene rings is 1. The molecule has 0 bridgehead atoms. The van der Waals surface area contributed by atoms with Gasteiger partial charge in [-0.3, -0.25) is 0 Å². The van der Waals surface area contributed by atoms with Crippen LogP contribution in [0.5, 0.6) is 0 Å². The SMILES string of the molecule is CC(C)CN(CC(C)C)S(=O)(=O)c1ccc(CCO)s1. The summed E-state index contributed by atoms with van der Waals surface area (Å²) < 4.78 is 27.3. The zero-order chi connectivity index (χ0) is 15.3. The Morgan fingerprint density at radius 2 is 1.70 bits per heavy atom. The van der Waals surface area contributed by atoms with Gasteiger partial charge in [0.25, 0.3) is 10.0 Å². The lowest BCUT2D eigenvalue weighted by Crippen LogP contribution is -2.36. The van der Waals surface area contributed by atoms with Crippen molar-refractivity contribution in [3.63, 3.8) is 0 Å². The maximum absolute atomic E-state index is 12.7. The van der Waals surface area contributed by atoms with Gasteiger partial charge in [-0.05, 0) is 24.0 Å². The van der Waals surface area contributed by atoms with E-state index in [9.17, 15) is 8.42 Å². The summed E-state index contributed by atoms with van der Waals surface area (Å²) in [5, 5.41) is 8.93. The van der Waals surface area contributed by atoms with Crippen molar-refractivity contribution in [2.45, 2.75) is 38.3 Å². The molecule has 1 heterocycles. The second-order valence-electron chi connectivity index (χ2n) is 5.80. The first-order chi connectivity index (χ1) is 9.27. The zero-order valence-electron chi connectivity index (χ0n) is 12.7. The lowest BCUT2D eigenvalue weighted by Gasteiger charge is -2.24. The molecular weight excluding hydrogens is 294 g/mol. The topological polar surface area (TPSA) is 57.6 Å². The number of aliphatic hydroxyl groups excluding tert-OH is 1. The Morgan fingerprint density at radius 3 is 2.15 bits per heavy atom. The van der Waals surface area contributed by atoms with Crippen LogP contribution >= 0.6 is 11.3 Å². The molecule has 0 fully saturated rings. The van der Waals surface area contributed by atoms with Crippen molar-refractivity contribution < 1.29 is 13.5 Å². The Labute approximate surface area is 126 Å². The number of hydrogen-bond acceptors (Lipinski definition) is 4. The van der Waals surface area contributed by atoms with Gasteiger partial charge in [0.2, 0.25) is 0 Å². The Balaban J connectivity index is 3.01. The summed E-state index contributed by atoms with van der Waals surface area (Å²) in [6.45, 7) is 9.20. The van der Waals surface area contributed by atoms with Crippen LogP contribution in [-0.4, -0.2) is 37.5 Å². The molecule has 0 spiro atoms. The number of nitrogens with zero attached hydrogens (tertiary/aromatic N) is 1. The summed E-state index contributed by atoms with van der Waals surface area (Å²) in [5.41, 5.74) is 0. The Morgan fingerprint density at radius 1 is 1.15 bits per heavy atom. The highest BCUT2D eigenvalue weighted by atomic mass is 32.2. The molecule has 6 heteroatoms. The molecule has 4 nitrogen and oxygen atoms in total. The molecule has 0 amide bonds. The Hall–Kier alpha value is -0.430. The third kappa shape index (κ3) is 4.84. The van der Waals surface area contributed by atoms with E-state index in [1.807, 2.05) is 27.7 Å². The van der Waals surface area contributed by atoms with E-state index in [1.165, 1.54) is 11.3 Å². The summed E-state index contributed by atoms with van der Waals surface area (Å²) in [6, 6.07) is 3.44. The van der Waals surface area contributed by atoms with Gasteiger partial charge in [0.15, 0.2) is 0 Å². The smallest absolute Gasteiger partial charge is 0.252 e. The first-order valence-electron chi connectivity index (χ1n) is 6.97. The fraction of sp³-hybridized carbons (Fsp3) is 0.714. The number of hydrogen-bond donors (Lipinski definition) is 1. The van der Waals surface area contributed by atoms with Crippen molar-refractivity contribution in [3.05, 3.63) is 17.0 Å². The number of aliphatic hydroxyl groups is 1. The molecule has 20 heavy (non-hydrogen) atoms. The largest absolute Gasteiger partial charge is 0.396 e. The van der Waals surface area contributed by atoms with Crippen molar-refractivity contribution in [1.29, 1.82) is 0 Å². The van der Waals surface area contributed by atoms with Crippen LogP contribution in [0.4, 0.5) is 0 Å². The lowest BCUT2D eigenvalue weighted by molar-refractivity contribution is 0.300. The van der Waals surface area contributed by atoms with Crippen LogP contribution in [0.2, 0.25) is 0 Å². The third-order valence-electron chi connectivity index (χ3n) is 2.73. The van der Waals surface area contributed by atoms with Gasteiger partial charge in [-0.25, -0.2) is 8.42 Å². The average Bonchev–Trinajstić information content (AvgIpc) is 2.76. The molecule has 0 atom stereocenters. The monoisotopic (exact) mass is 319 g/mol. The number of sulfonamides is 1. The van der Waals surface area contributed by atoms with E-state index >= 15 is 0 Å². The van der Waals surface area contributed by atoms with Gasteiger partial charge in [0, 0.05) is 31.0 Å². The highest BCUT2D eigenvalue weighted by molar-refractivity contribution is 7.91. The van der Waals surface area contributed by atoms with Crippen molar-refractivity contribution in [1.82, 2.24) is 4.31 Å². The zero-order valence-corrected chi connectivity index (χ0v) is 14.3. The predicted molar refractivity (Wildman–Crippen MR) is 83.5 cm³/mol.